The minimum Gasteiger partial charge on any atom is -0.321 e. The van der Waals surface area contributed by atoms with Crippen LogP contribution in [0.25, 0.3) is 65.0 Å². The zero-order chi connectivity index (χ0) is 25.7. The SMILES string of the molecule is C#CC(=C1CCC1)c1ccc2c3ccc4c(=C5CCC5)[nH]c(=O)c5ccc(c6ccc(C(C)=O)c1c62)c3c54. The summed E-state index contributed by atoms with van der Waals surface area (Å²) in [4.78, 5) is 29.4. The Kier molecular flexibility index (Phi) is 4.30. The molecule has 3 nitrogen and oxygen atoms in total. The van der Waals surface area contributed by atoms with Crippen LogP contribution >= 0.6 is 0 Å². The van der Waals surface area contributed by atoms with Gasteiger partial charge >= 0.3 is 0 Å². The van der Waals surface area contributed by atoms with Gasteiger partial charge in [-0.2, -0.15) is 0 Å². The lowest BCUT2D eigenvalue weighted by Gasteiger charge is -2.23. The van der Waals surface area contributed by atoms with Crippen LogP contribution in [0.3, 0.4) is 0 Å². The van der Waals surface area contributed by atoms with Gasteiger partial charge < -0.3 is 4.98 Å². The molecule has 3 heteroatoms. The van der Waals surface area contributed by atoms with Gasteiger partial charge in [-0.3, -0.25) is 9.59 Å². The molecule has 6 aromatic rings. The molecule has 2 fully saturated rings. The third-order valence-electron chi connectivity index (χ3n) is 9.07. The highest BCUT2D eigenvalue weighted by Crippen LogP contribution is 2.46. The van der Waals surface area contributed by atoms with Gasteiger partial charge in [-0.25, -0.2) is 0 Å². The first-order valence-electron chi connectivity index (χ1n) is 13.5. The van der Waals surface area contributed by atoms with Crippen molar-refractivity contribution < 1.29 is 4.79 Å². The number of hydrogen-bond donors (Lipinski definition) is 1. The predicted octanol–water partition coefficient (Wildman–Crippen LogP) is 7.41. The Bertz CT molecular complexity index is 2200. The summed E-state index contributed by atoms with van der Waals surface area (Å²) in [5.74, 6) is 3.01. The van der Waals surface area contributed by atoms with Crippen LogP contribution in [0, 0.1) is 12.3 Å². The average molecular weight is 492 g/mol. The second-order valence-electron chi connectivity index (χ2n) is 11.0. The number of allylic oxidation sites excluding steroid dienone is 2. The van der Waals surface area contributed by atoms with Crippen LogP contribution in [0.2, 0.25) is 0 Å². The van der Waals surface area contributed by atoms with Gasteiger partial charge in [-0.15, -0.1) is 6.42 Å². The monoisotopic (exact) mass is 491 g/mol. The van der Waals surface area contributed by atoms with Crippen LogP contribution in [-0.4, -0.2) is 10.8 Å². The summed E-state index contributed by atoms with van der Waals surface area (Å²) in [6.45, 7) is 1.63. The molecule has 0 amide bonds. The van der Waals surface area contributed by atoms with E-state index in [0.29, 0.717) is 5.56 Å². The highest BCUT2D eigenvalue weighted by atomic mass is 16.1. The average Bonchev–Trinajstić information content (AvgIpc) is 2.86. The summed E-state index contributed by atoms with van der Waals surface area (Å²) in [5, 5.41) is 11.5. The van der Waals surface area contributed by atoms with Crippen molar-refractivity contribution in [2.75, 3.05) is 0 Å². The third-order valence-corrected chi connectivity index (χ3v) is 9.07. The summed E-state index contributed by atoms with van der Waals surface area (Å²) >= 11 is 0. The number of nitrogens with one attached hydrogen (secondary N) is 1. The Labute approximate surface area is 219 Å². The molecule has 0 bridgehead atoms. The Morgan fingerprint density at radius 2 is 1.24 bits per heavy atom. The van der Waals surface area contributed by atoms with Crippen molar-refractivity contribution in [3.8, 4) is 12.3 Å². The number of fused-ring (bicyclic) bond motifs is 2. The molecule has 1 aromatic heterocycles. The number of aromatic nitrogens is 1. The van der Waals surface area contributed by atoms with Crippen LogP contribution < -0.4 is 10.9 Å². The normalized spacial score (nSPS) is 15.5. The van der Waals surface area contributed by atoms with Crippen molar-refractivity contribution in [2.45, 2.75) is 45.4 Å². The molecule has 1 N–H and O–H groups in total. The molecule has 182 valence electrons. The number of Topliss-reactive ketones (excluding diaryl/α,β-unsaturated/α-hetero) is 1. The van der Waals surface area contributed by atoms with Crippen molar-refractivity contribution in [1.29, 1.82) is 0 Å². The van der Waals surface area contributed by atoms with E-state index in [1.54, 1.807) is 6.92 Å². The lowest BCUT2D eigenvalue weighted by atomic mass is 9.80. The van der Waals surface area contributed by atoms with Crippen molar-refractivity contribution in [1.82, 2.24) is 4.98 Å². The maximum atomic E-state index is 13.3. The van der Waals surface area contributed by atoms with Crippen LogP contribution in [-0.2, 0) is 0 Å². The minimum absolute atomic E-state index is 0.0281. The standard InChI is InChI=1S/C35H25NO2/c1-3-21(19-6-4-7-19)23-12-13-25-26-14-16-28-33-29(35(38)36-34(28)20-8-5-9-20)17-15-27(32(26)33)24-11-10-22(18(2)37)30(23)31(24)25/h1,10-17H,4-9H2,2H3,(H,36,38). The number of H-pyrrole nitrogens is 1. The first kappa shape index (κ1) is 21.6. The second-order valence-corrected chi connectivity index (χ2v) is 11.0. The molecule has 0 atom stereocenters. The lowest BCUT2D eigenvalue weighted by molar-refractivity contribution is 0.101. The summed E-state index contributed by atoms with van der Waals surface area (Å²) in [6, 6.07) is 16.7. The molecular formula is C35H25NO2. The highest BCUT2D eigenvalue weighted by Gasteiger charge is 2.24. The van der Waals surface area contributed by atoms with Gasteiger partial charge in [0.15, 0.2) is 5.78 Å². The van der Waals surface area contributed by atoms with E-state index in [4.69, 9.17) is 6.42 Å². The van der Waals surface area contributed by atoms with Crippen LogP contribution in [0.4, 0.5) is 0 Å². The van der Waals surface area contributed by atoms with Gasteiger partial charge in [0.05, 0.1) is 0 Å². The summed E-state index contributed by atoms with van der Waals surface area (Å²) in [6.07, 6.45) is 12.5. The van der Waals surface area contributed by atoms with Crippen LogP contribution in [0.1, 0.15) is 61.4 Å². The minimum atomic E-state index is -0.0281. The quantitative estimate of drug-likeness (QED) is 0.119. The summed E-state index contributed by atoms with van der Waals surface area (Å²) in [7, 11) is 0. The van der Waals surface area contributed by atoms with E-state index in [1.807, 2.05) is 12.1 Å². The molecule has 8 rings (SSSR count). The van der Waals surface area contributed by atoms with E-state index >= 15 is 0 Å². The van der Waals surface area contributed by atoms with Gasteiger partial charge in [-0.05, 0) is 95.0 Å². The molecule has 2 aliphatic rings. The van der Waals surface area contributed by atoms with Crippen molar-refractivity contribution in [2.24, 2.45) is 0 Å². The maximum absolute atomic E-state index is 13.3. The van der Waals surface area contributed by atoms with Crippen molar-refractivity contribution in [3.63, 3.8) is 0 Å². The van der Waals surface area contributed by atoms with Gasteiger partial charge in [0.2, 0.25) is 0 Å². The predicted molar refractivity (Wildman–Crippen MR) is 158 cm³/mol. The molecule has 2 saturated carbocycles. The highest BCUT2D eigenvalue weighted by molar-refractivity contribution is 6.38. The first-order chi connectivity index (χ1) is 18.6. The third kappa shape index (κ3) is 2.65. The first-order valence-corrected chi connectivity index (χ1v) is 13.5. The van der Waals surface area contributed by atoms with E-state index in [9.17, 15) is 9.59 Å². The smallest absolute Gasteiger partial charge is 0.256 e. The lowest BCUT2D eigenvalue weighted by Crippen LogP contribution is -2.25. The van der Waals surface area contributed by atoms with E-state index < -0.39 is 0 Å². The number of ketones is 1. The molecule has 5 aromatic carbocycles. The molecule has 0 unspecified atom stereocenters. The molecule has 0 radical (unpaired) electrons. The van der Waals surface area contributed by atoms with Crippen molar-refractivity contribution in [3.05, 3.63) is 80.9 Å². The second kappa shape index (κ2) is 7.55. The van der Waals surface area contributed by atoms with Crippen molar-refractivity contribution >= 4 is 70.8 Å². The van der Waals surface area contributed by atoms with E-state index in [-0.39, 0.29) is 11.3 Å². The fourth-order valence-electron chi connectivity index (χ4n) is 6.89. The number of pyridine rings is 1. The maximum Gasteiger partial charge on any atom is 0.256 e. The van der Waals surface area contributed by atoms with Crippen LogP contribution in [0.5, 0.6) is 0 Å². The van der Waals surface area contributed by atoms with E-state index in [1.165, 1.54) is 17.6 Å². The number of rotatable bonds is 2. The zero-order valence-electron chi connectivity index (χ0n) is 21.3. The summed E-state index contributed by atoms with van der Waals surface area (Å²) in [5.41, 5.74) is 5.24. The number of terminal acetylenes is 1. The van der Waals surface area contributed by atoms with E-state index in [2.05, 4.69) is 47.3 Å². The van der Waals surface area contributed by atoms with Gasteiger partial charge in [-0.1, -0.05) is 54.0 Å². The molecule has 0 aliphatic heterocycles. The topological polar surface area (TPSA) is 49.9 Å². The number of hydrogen-bond acceptors (Lipinski definition) is 2. The molecule has 0 saturated heterocycles. The number of benzene rings is 5. The van der Waals surface area contributed by atoms with E-state index in [0.717, 1.165) is 102 Å². The fourth-order valence-corrected chi connectivity index (χ4v) is 6.89. The zero-order valence-corrected chi connectivity index (χ0v) is 21.3. The Morgan fingerprint density at radius 1 is 0.711 bits per heavy atom. The number of carbonyl (C=O) groups excluding carboxylic acids is 1. The Morgan fingerprint density at radius 3 is 1.79 bits per heavy atom. The van der Waals surface area contributed by atoms with Gasteiger partial charge in [0, 0.05) is 38.0 Å². The molecule has 0 spiro atoms. The molecule has 2 aliphatic carbocycles. The Balaban J connectivity index is 1.63. The number of carbonyl (C=O) groups is 1. The fraction of sp³-hybridized carbons (Fsp3) is 0.200. The molecular weight excluding hydrogens is 466 g/mol. The molecule has 1 heterocycles. The van der Waals surface area contributed by atoms with Gasteiger partial charge in [0.25, 0.3) is 5.56 Å². The Hall–Kier alpha value is -4.42. The van der Waals surface area contributed by atoms with Crippen LogP contribution in [0.15, 0.2) is 58.9 Å². The van der Waals surface area contributed by atoms with Gasteiger partial charge in [0.1, 0.15) is 0 Å². The molecule has 38 heavy (non-hydrogen) atoms. The largest absolute Gasteiger partial charge is 0.321 e. The number of aromatic amines is 1. The summed E-state index contributed by atoms with van der Waals surface area (Å²) < 4.78 is 0.